The average Bonchev–Trinajstić information content (AvgIpc) is 3.31. The number of nitrogens with zero attached hydrogens (tertiary/aromatic N) is 6. The Morgan fingerprint density at radius 2 is 1.76 bits per heavy atom. The fraction of sp³-hybridized carbons (Fsp3) is 0.467. The SMILES string of the molecule is Cc1ccc(C(C)(C)C)cc1Cc1nc(N2CCC(Sc3ccncc3)CC2)nc2ncn(C(C)C)c12. The summed E-state index contributed by atoms with van der Waals surface area (Å²) in [6, 6.07) is 11.4. The molecule has 7 heteroatoms. The van der Waals surface area contributed by atoms with Gasteiger partial charge in [0.25, 0.3) is 0 Å². The number of pyridine rings is 1. The second-order valence-electron chi connectivity index (χ2n) is 11.4. The summed E-state index contributed by atoms with van der Waals surface area (Å²) >= 11 is 1.96. The Balaban J connectivity index is 1.45. The van der Waals surface area contributed by atoms with Crippen LogP contribution in [0, 0.1) is 6.92 Å². The van der Waals surface area contributed by atoms with Gasteiger partial charge < -0.3 is 9.47 Å². The summed E-state index contributed by atoms with van der Waals surface area (Å²) in [5.41, 5.74) is 6.99. The number of thioether (sulfide) groups is 1. The highest BCUT2D eigenvalue weighted by Gasteiger charge is 2.25. The van der Waals surface area contributed by atoms with Crippen LogP contribution in [0.5, 0.6) is 0 Å². The van der Waals surface area contributed by atoms with Crippen molar-refractivity contribution in [1.82, 2.24) is 24.5 Å². The molecule has 5 rings (SSSR count). The molecule has 4 heterocycles. The molecule has 0 amide bonds. The number of aryl methyl sites for hydroxylation is 1. The van der Waals surface area contributed by atoms with Crippen LogP contribution in [0.1, 0.15) is 75.9 Å². The van der Waals surface area contributed by atoms with E-state index in [1.54, 1.807) is 0 Å². The Morgan fingerprint density at radius 3 is 2.43 bits per heavy atom. The summed E-state index contributed by atoms with van der Waals surface area (Å²) in [6.45, 7) is 15.3. The molecule has 194 valence electrons. The summed E-state index contributed by atoms with van der Waals surface area (Å²) in [5.74, 6) is 0.813. The predicted octanol–water partition coefficient (Wildman–Crippen LogP) is 6.76. The van der Waals surface area contributed by atoms with Crippen molar-refractivity contribution in [2.75, 3.05) is 18.0 Å². The molecule has 0 bridgehead atoms. The largest absolute Gasteiger partial charge is 0.341 e. The maximum Gasteiger partial charge on any atom is 0.227 e. The lowest BCUT2D eigenvalue weighted by molar-refractivity contribution is 0.580. The molecule has 3 aromatic heterocycles. The molecule has 6 nitrogen and oxygen atoms in total. The van der Waals surface area contributed by atoms with Crippen molar-refractivity contribution in [1.29, 1.82) is 0 Å². The molecule has 0 aliphatic carbocycles. The molecule has 0 radical (unpaired) electrons. The molecular weight excluding hydrogens is 476 g/mol. The second kappa shape index (κ2) is 10.4. The number of aromatic nitrogens is 5. The number of fused-ring (bicyclic) bond motifs is 1. The standard InChI is InChI=1S/C30H38N6S/c1-20(2)36-19-32-28-27(36)26(18-22-17-23(30(4,5)6)8-7-21(22)3)33-29(34-28)35-15-11-25(12-16-35)37-24-9-13-31-14-10-24/h7-10,13-14,17,19-20,25H,11-12,15-16,18H2,1-6H3. The van der Waals surface area contributed by atoms with Gasteiger partial charge >= 0.3 is 0 Å². The van der Waals surface area contributed by atoms with E-state index in [4.69, 9.17) is 15.0 Å². The summed E-state index contributed by atoms with van der Waals surface area (Å²) in [7, 11) is 0. The zero-order chi connectivity index (χ0) is 26.2. The molecule has 1 aromatic carbocycles. The predicted molar refractivity (Wildman–Crippen MR) is 154 cm³/mol. The highest BCUT2D eigenvalue weighted by atomic mass is 32.2. The quantitative estimate of drug-likeness (QED) is 0.283. The van der Waals surface area contributed by atoms with Gasteiger partial charge in [-0.15, -0.1) is 11.8 Å². The number of piperidine rings is 1. The third-order valence-corrected chi connectivity index (χ3v) is 8.64. The van der Waals surface area contributed by atoms with Crippen LogP contribution in [-0.4, -0.2) is 42.8 Å². The van der Waals surface area contributed by atoms with Gasteiger partial charge in [-0.2, -0.15) is 4.98 Å². The van der Waals surface area contributed by atoms with Crippen LogP contribution in [0.2, 0.25) is 0 Å². The fourth-order valence-electron chi connectivity index (χ4n) is 4.95. The number of hydrogen-bond donors (Lipinski definition) is 0. The lowest BCUT2D eigenvalue weighted by Gasteiger charge is -2.32. The van der Waals surface area contributed by atoms with Gasteiger partial charge in [-0.25, -0.2) is 9.97 Å². The Bertz CT molecular complexity index is 1360. The van der Waals surface area contributed by atoms with Gasteiger partial charge in [0, 0.05) is 48.1 Å². The van der Waals surface area contributed by atoms with Crippen LogP contribution >= 0.6 is 11.8 Å². The monoisotopic (exact) mass is 514 g/mol. The summed E-state index contributed by atoms with van der Waals surface area (Å²) in [4.78, 5) is 22.7. The topological polar surface area (TPSA) is 59.7 Å². The van der Waals surface area contributed by atoms with Crippen molar-refractivity contribution in [3.05, 3.63) is 71.4 Å². The minimum absolute atomic E-state index is 0.104. The average molecular weight is 515 g/mol. The van der Waals surface area contributed by atoms with E-state index >= 15 is 0 Å². The first-order valence-corrected chi connectivity index (χ1v) is 14.2. The second-order valence-corrected chi connectivity index (χ2v) is 12.8. The van der Waals surface area contributed by atoms with Crippen molar-refractivity contribution in [2.45, 2.75) is 82.4 Å². The first-order chi connectivity index (χ1) is 17.7. The number of anilines is 1. The maximum atomic E-state index is 5.22. The molecule has 37 heavy (non-hydrogen) atoms. The number of benzene rings is 1. The van der Waals surface area contributed by atoms with E-state index in [0.717, 1.165) is 55.2 Å². The Morgan fingerprint density at radius 1 is 1.03 bits per heavy atom. The van der Waals surface area contributed by atoms with Gasteiger partial charge in [0.05, 0.1) is 12.0 Å². The van der Waals surface area contributed by atoms with Crippen molar-refractivity contribution >= 4 is 28.9 Å². The maximum absolute atomic E-state index is 5.22. The highest BCUT2D eigenvalue weighted by Crippen LogP contribution is 2.32. The van der Waals surface area contributed by atoms with Crippen molar-refractivity contribution in [3.63, 3.8) is 0 Å². The van der Waals surface area contributed by atoms with E-state index in [1.807, 2.05) is 30.5 Å². The van der Waals surface area contributed by atoms with E-state index < -0.39 is 0 Å². The minimum Gasteiger partial charge on any atom is -0.341 e. The Labute approximate surface area is 225 Å². The van der Waals surface area contributed by atoms with Crippen molar-refractivity contribution in [3.8, 4) is 0 Å². The number of rotatable bonds is 6. The minimum atomic E-state index is 0.104. The molecule has 4 aromatic rings. The van der Waals surface area contributed by atoms with Crippen LogP contribution in [0.4, 0.5) is 5.95 Å². The van der Waals surface area contributed by atoms with Gasteiger partial charge in [-0.1, -0.05) is 39.0 Å². The lowest BCUT2D eigenvalue weighted by Crippen LogP contribution is -2.36. The third kappa shape index (κ3) is 5.66. The lowest BCUT2D eigenvalue weighted by atomic mass is 9.84. The molecular formula is C30H38N6S. The third-order valence-electron chi connectivity index (χ3n) is 7.30. The van der Waals surface area contributed by atoms with E-state index in [-0.39, 0.29) is 5.41 Å². The highest BCUT2D eigenvalue weighted by molar-refractivity contribution is 8.00. The Kier molecular flexibility index (Phi) is 7.26. The Hall–Kier alpha value is -2.93. The van der Waals surface area contributed by atoms with Crippen LogP contribution in [0.25, 0.3) is 11.2 Å². The molecule has 1 fully saturated rings. The smallest absolute Gasteiger partial charge is 0.227 e. The van der Waals surface area contributed by atoms with Gasteiger partial charge in [0.2, 0.25) is 5.95 Å². The molecule has 1 aliphatic rings. The van der Waals surface area contributed by atoms with E-state index in [9.17, 15) is 0 Å². The van der Waals surface area contributed by atoms with Gasteiger partial charge in [0.15, 0.2) is 5.65 Å². The molecule has 1 saturated heterocycles. The van der Waals surface area contributed by atoms with Gasteiger partial charge in [-0.3, -0.25) is 4.98 Å². The van der Waals surface area contributed by atoms with Crippen LogP contribution in [-0.2, 0) is 11.8 Å². The van der Waals surface area contributed by atoms with E-state index in [0.29, 0.717) is 11.3 Å². The first-order valence-electron chi connectivity index (χ1n) is 13.3. The van der Waals surface area contributed by atoms with E-state index in [2.05, 4.69) is 86.3 Å². The van der Waals surface area contributed by atoms with Gasteiger partial charge in [-0.05, 0) is 67.9 Å². The number of imidazole rings is 1. The van der Waals surface area contributed by atoms with Gasteiger partial charge in [0.1, 0.15) is 5.52 Å². The van der Waals surface area contributed by atoms with Crippen LogP contribution in [0.15, 0.2) is 53.9 Å². The number of hydrogen-bond acceptors (Lipinski definition) is 6. The summed E-state index contributed by atoms with van der Waals surface area (Å²) in [6.07, 6.45) is 8.66. The molecule has 0 spiro atoms. The van der Waals surface area contributed by atoms with Crippen molar-refractivity contribution < 1.29 is 0 Å². The molecule has 0 saturated carbocycles. The van der Waals surface area contributed by atoms with Crippen LogP contribution < -0.4 is 4.90 Å². The molecule has 0 unspecified atom stereocenters. The van der Waals surface area contributed by atoms with E-state index in [1.165, 1.54) is 21.6 Å². The first kappa shape index (κ1) is 25.7. The zero-order valence-electron chi connectivity index (χ0n) is 22.9. The van der Waals surface area contributed by atoms with Crippen molar-refractivity contribution in [2.24, 2.45) is 0 Å². The zero-order valence-corrected chi connectivity index (χ0v) is 23.7. The normalized spacial score (nSPS) is 15.2. The van der Waals surface area contributed by atoms with Crippen LogP contribution in [0.3, 0.4) is 0 Å². The summed E-state index contributed by atoms with van der Waals surface area (Å²) < 4.78 is 2.22. The molecule has 1 aliphatic heterocycles. The molecule has 0 N–H and O–H groups in total. The molecule has 0 atom stereocenters. The summed E-state index contributed by atoms with van der Waals surface area (Å²) in [5, 5.41) is 0.602. The fourth-order valence-corrected chi connectivity index (χ4v) is 6.06.